The molecule has 1 aliphatic heterocycles. The normalized spacial score (nSPS) is 40.8. The largest absolute Gasteiger partial charge is 0.457 e. The SMILES string of the molecule is CCOB(CCC[C@H]1CN(S(=O)(=O)N[C@@H]2C[C@H]2N)C[C@]1(C)N)O[C@@H]1C[C@@H]2C[C@H](C1)C2(C)C. The fraction of sp³-hybridized carbons (Fsp3) is 1.00. The summed E-state index contributed by atoms with van der Waals surface area (Å²) in [5, 5.41) is 0. The molecular formula is C22H43BN4O4S. The Balaban J connectivity index is 1.24. The van der Waals surface area contributed by atoms with Crippen LogP contribution in [0.3, 0.4) is 0 Å². The van der Waals surface area contributed by atoms with Crippen molar-refractivity contribution in [1.29, 1.82) is 0 Å². The molecule has 184 valence electrons. The highest BCUT2D eigenvalue weighted by Gasteiger charge is 2.53. The Bertz CT molecular complexity index is 766. The summed E-state index contributed by atoms with van der Waals surface area (Å²) in [5.74, 6) is 1.66. The smallest absolute Gasteiger partial charge is 0.411 e. The molecule has 0 aromatic heterocycles. The van der Waals surface area contributed by atoms with Crippen LogP contribution in [0.2, 0.25) is 6.32 Å². The van der Waals surface area contributed by atoms with Crippen molar-refractivity contribution < 1.29 is 17.7 Å². The summed E-state index contributed by atoms with van der Waals surface area (Å²) in [4.78, 5) is 0. The molecule has 4 saturated carbocycles. The van der Waals surface area contributed by atoms with E-state index in [1.165, 1.54) is 10.7 Å². The highest BCUT2D eigenvalue weighted by Crippen LogP contribution is 2.59. The lowest BCUT2D eigenvalue weighted by molar-refractivity contribution is -0.113. The average Bonchev–Trinajstić information content (AvgIpc) is 3.29. The molecule has 32 heavy (non-hydrogen) atoms. The van der Waals surface area contributed by atoms with Crippen LogP contribution in [0.4, 0.5) is 0 Å². The van der Waals surface area contributed by atoms with Gasteiger partial charge in [0, 0.05) is 43.4 Å². The average molecular weight is 470 g/mol. The summed E-state index contributed by atoms with van der Waals surface area (Å²) >= 11 is 0. The predicted molar refractivity (Wildman–Crippen MR) is 127 cm³/mol. The summed E-state index contributed by atoms with van der Waals surface area (Å²) < 4.78 is 41.9. The Morgan fingerprint density at radius 2 is 1.81 bits per heavy atom. The van der Waals surface area contributed by atoms with Gasteiger partial charge in [-0.3, -0.25) is 0 Å². The Kier molecular flexibility index (Phi) is 7.07. The van der Waals surface area contributed by atoms with Crippen molar-refractivity contribution in [2.24, 2.45) is 34.6 Å². The van der Waals surface area contributed by atoms with Gasteiger partial charge in [-0.05, 0) is 75.4 Å². The molecule has 0 radical (unpaired) electrons. The van der Waals surface area contributed by atoms with E-state index in [1.807, 2.05) is 13.8 Å². The van der Waals surface area contributed by atoms with Gasteiger partial charge >= 0.3 is 7.12 Å². The van der Waals surface area contributed by atoms with Crippen LogP contribution in [-0.4, -0.2) is 63.3 Å². The summed E-state index contributed by atoms with van der Waals surface area (Å²) in [6.07, 6.45) is 7.22. The van der Waals surface area contributed by atoms with Crippen molar-refractivity contribution in [2.75, 3.05) is 19.7 Å². The molecule has 8 nitrogen and oxygen atoms in total. The summed E-state index contributed by atoms with van der Waals surface area (Å²) in [7, 11) is -3.73. The highest BCUT2D eigenvalue weighted by molar-refractivity contribution is 7.87. The predicted octanol–water partition coefficient (Wildman–Crippen LogP) is 1.72. The first-order valence-electron chi connectivity index (χ1n) is 12.5. The Labute approximate surface area is 194 Å². The third-order valence-electron chi connectivity index (χ3n) is 8.81. The molecular weight excluding hydrogens is 427 g/mol. The molecule has 1 heterocycles. The number of fused-ring (bicyclic) bond motifs is 2. The first kappa shape index (κ1) is 24.9. The maximum Gasteiger partial charge on any atom is 0.457 e. The van der Waals surface area contributed by atoms with Gasteiger partial charge in [0.2, 0.25) is 0 Å². The van der Waals surface area contributed by atoms with Gasteiger partial charge in [-0.15, -0.1) is 0 Å². The summed E-state index contributed by atoms with van der Waals surface area (Å²) in [6.45, 7) is 10.2. The number of hydrogen-bond donors (Lipinski definition) is 3. The Morgan fingerprint density at radius 1 is 1.16 bits per heavy atom. The zero-order valence-electron chi connectivity index (χ0n) is 20.3. The highest BCUT2D eigenvalue weighted by atomic mass is 32.2. The van der Waals surface area contributed by atoms with Crippen molar-refractivity contribution in [2.45, 2.75) is 96.3 Å². The van der Waals surface area contributed by atoms with Gasteiger partial charge in [0.1, 0.15) is 0 Å². The van der Waals surface area contributed by atoms with Crippen LogP contribution in [0, 0.1) is 23.2 Å². The fourth-order valence-corrected chi connectivity index (χ4v) is 7.76. The molecule has 10 heteroatoms. The van der Waals surface area contributed by atoms with E-state index in [0.29, 0.717) is 37.6 Å². The molecule has 5 N–H and O–H groups in total. The van der Waals surface area contributed by atoms with Gasteiger partial charge in [-0.1, -0.05) is 20.3 Å². The van der Waals surface area contributed by atoms with E-state index in [0.717, 1.165) is 43.8 Å². The number of nitrogens with one attached hydrogen (secondary N) is 1. The zero-order valence-corrected chi connectivity index (χ0v) is 21.1. The molecule has 1 saturated heterocycles. The maximum atomic E-state index is 12.7. The van der Waals surface area contributed by atoms with Crippen molar-refractivity contribution in [1.82, 2.24) is 9.03 Å². The number of hydrogen-bond acceptors (Lipinski definition) is 6. The fourth-order valence-electron chi connectivity index (χ4n) is 6.14. The van der Waals surface area contributed by atoms with E-state index in [4.69, 9.17) is 20.8 Å². The van der Waals surface area contributed by atoms with Crippen molar-refractivity contribution in [3.63, 3.8) is 0 Å². The molecule has 2 bridgehead atoms. The van der Waals surface area contributed by atoms with Crippen LogP contribution in [0.15, 0.2) is 0 Å². The molecule has 0 aromatic carbocycles. The van der Waals surface area contributed by atoms with E-state index < -0.39 is 15.7 Å². The first-order chi connectivity index (χ1) is 14.9. The van der Waals surface area contributed by atoms with Crippen molar-refractivity contribution >= 4 is 17.3 Å². The third-order valence-corrected chi connectivity index (χ3v) is 10.4. The molecule has 0 aromatic rings. The van der Waals surface area contributed by atoms with Gasteiger partial charge in [0.25, 0.3) is 10.2 Å². The molecule has 7 atom stereocenters. The first-order valence-corrected chi connectivity index (χ1v) is 13.9. The van der Waals surface area contributed by atoms with Crippen LogP contribution in [0.1, 0.15) is 66.2 Å². The van der Waals surface area contributed by atoms with Gasteiger partial charge in [0.05, 0.1) is 0 Å². The van der Waals surface area contributed by atoms with E-state index in [-0.39, 0.29) is 25.1 Å². The van der Waals surface area contributed by atoms with Crippen LogP contribution in [0.25, 0.3) is 0 Å². The lowest BCUT2D eigenvalue weighted by Gasteiger charge is -2.59. The molecule has 5 rings (SSSR count). The van der Waals surface area contributed by atoms with E-state index in [9.17, 15) is 8.42 Å². The van der Waals surface area contributed by atoms with Gasteiger partial charge in [-0.25, -0.2) is 0 Å². The van der Waals surface area contributed by atoms with E-state index in [2.05, 4.69) is 18.6 Å². The number of nitrogens with two attached hydrogens (primary N) is 2. The minimum atomic E-state index is -3.54. The summed E-state index contributed by atoms with van der Waals surface area (Å²) in [6, 6.07) is -0.201. The van der Waals surface area contributed by atoms with Gasteiger partial charge < -0.3 is 20.8 Å². The topological polar surface area (TPSA) is 120 Å². The monoisotopic (exact) mass is 470 g/mol. The quantitative estimate of drug-likeness (QED) is 0.396. The lowest BCUT2D eigenvalue weighted by Crippen LogP contribution is -2.53. The van der Waals surface area contributed by atoms with Crippen molar-refractivity contribution in [3.8, 4) is 0 Å². The number of rotatable bonds is 11. The minimum absolute atomic E-state index is 0.0657. The van der Waals surface area contributed by atoms with Crippen molar-refractivity contribution in [3.05, 3.63) is 0 Å². The van der Waals surface area contributed by atoms with Gasteiger partial charge in [-0.2, -0.15) is 17.4 Å². The third kappa shape index (κ3) is 5.21. The standard InChI is InChI=1S/C22H43BN4O4S/c1-5-30-23(31-18-10-16-9-17(11-18)21(16,2)3)8-6-7-15-13-27(14-22(15,4)25)32(28,29)26-20-12-19(20)24/h15-20,26H,5-14,24-25H2,1-4H3/t15-,16-,17+,18+,19+,20+,22-/m0/s1. The second-order valence-corrected chi connectivity index (χ2v) is 13.3. The Hall–Kier alpha value is -0.225. The molecule has 0 unspecified atom stereocenters. The van der Waals surface area contributed by atoms with Gasteiger partial charge in [0.15, 0.2) is 0 Å². The molecule has 0 spiro atoms. The van der Waals surface area contributed by atoms with Crippen LogP contribution in [0.5, 0.6) is 0 Å². The lowest BCUT2D eigenvalue weighted by atomic mass is 9.48. The number of nitrogens with zero attached hydrogens (tertiary/aromatic N) is 1. The minimum Gasteiger partial charge on any atom is -0.411 e. The maximum absolute atomic E-state index is 12.7. The van der Waals surface area contributed by atoms with Crippen LogP contribution >= 0.6 is 0 Å². The molecule has 4 aliphatic carbocycles. The van der Waals surface area contributed by atoms with E-state index >= 15 is 0 Å². The van der Waals surface area contributed by atoms with Crippen LogP contribution in [-0.2, 0) is 19.5 Å². The Morgan fingerprint density at radius 3 is 2.38 bits per heavy atom. The second kappa shape index (κ2) is 9.09. The molecule has 5 fully saturated rings. The van der Waals surface area contributed by atoms with Crippen LogP contribution < -0.4 is 16.2 Å². The summed E-state index contributed by atoms with van der Waals surface area (Å²) in [5.41, 5.74) is 12.2. The van der Waals surface area contributed by atoms with E-state index in [1.54, 1.807) is 0 Å². The second-order valence-electron chi connectivity index (χ2n) is 11.6. The molecule has 5 aliphatic rings. The molecule has 0 amide bonds. The zero-order chi connectivity index (χ0) is 23.3.